The van der Waals surface area contributed by atoms with Gasteiger partial charge in [-0.25, -0.2) is 9.97 Å². The molecule has 2 N–H and O–H groups in total. The molecule has 4 aromatic heterocycles. The van der Waals surface area contributed by atoms with Gasteiger partial charge in [-0.1, -0.05) is 204 Å². The summed E-state index contributed by atoms with van der Waals surface area (Å²) in [7, 11) is 8.74. The van der Waals surface area contributed by atoms with Gasteiger partial charge >= 0.3 is 159 Å². The van der Waals surface area contributed by atoms with Crippen molar-refractivity contribution in [2.75, 3.05) is 13.1 Å². The van der Waals surface area contributed by atoms with Crippen LogP contribution in [0.4, 0.5) is 0 Å². The van der Waals surface area contributed by atoms with E-state index in [4.69, 9.17) is 33.5 Å². The number of hydrogen-bond acceptors (Lipinski definition) is 8. The first-order valence-corrected chi connectivity index (χ1v) is 53.5. The van der Waals surface area contributed by atoms with Crippen LogP contribution in [0.3, 0.4) is 0 Å². The Balaban J connectivity index is 0.000000135. The Morgan fingerprint density at radius 3 is 1.15 bits per heavy atom. The SMILES string of the molecule is CCC[CH2][Sn]([CH2]CCC)([CH2]CCC)[c]1ccccn1.C[C@@H](Oc1cc(-c2ccccn2)cc2ncn(C3CC3)c12)[C@H]1CNC(=O)C1.C[C@@H](Oc1cc(Br)cc2ncn(C3CC3)c12)[C@H]1CNC(=O)C1.[Cl][Pd][Cl].c1ccc(P(c2ccccc2)c2ccccc2)cc1.c1ccc(P(c2ccccc2)c2ccccc2)cc1. The number of benzene rings is 8. The molecule has 8 aromatic carbocycles. The monoisotopic (exact) mass is 1790 g/mol. The molecule has 109 heavy (non-hydrogen) atoms. The van der Waals surface area contributed by atoms with Crippen LogP contribution in [-0.2, 0) is 25.5 Å². The van der Waals surface area contributed by atoms with Crippen LogP contribution in [0.15, 0.2) is 272 Å². The number of rotatable bonds is 25. The zero-order valence-corrected chi connectivity index (χ0v) is 72.3. The molecule has 4 fully saturated rings. The summed E-state index contributed by atoms with van der Waals surface area (Å²) in [6.07, 6.45) is 21.7. The molecule has 0 spiro atoms. The van der Waals surface area contributed by atoms with Gasteiger partial charge in [0.1, 0.15) is 34.7 Å². The maximum absolute atomic E-state index is 11.6. The minimum atomic E-state index is -2.21. The largest absolute Gasteiger partial charge is 0.0622 e. The molecular weight excluding hydrogens is 1690 g/mol. The number of nitrogens with one attached hydrogen (secondary N) is 2. The Morgan fingerprint density at radius 1 is 0.477 bits per heavy atom. The van der Waals surface area contributed by atoms with Crippen molar-refractivity contribution in [3.05, 3.63) is 272 Å². The van der Waals surface area contributed by atoms with Gasteiger partial charge in [-0.15, -0.1) is 0 Å². The van der Waals surface area contributed by atoms with Crippen LogP contribution in [0, 0.1) is 11.8 Å². The fourth-order valence-corrected chi connectivity index (χ4v) is 34.7. The molecule has 12 aromatic rings. The molecule has 4 atom stereocenters. The maximum Gasteiger partial charge on any atom is -0.0134 e. The maximum atomic E-state index is 11.6. The first-order valence-electron chi connectivity index (χ1n) is 38.5. The standard InChI is InChI=1S/C21H22N4O2.2C18H15P.C16H18BrN3O2.C5H4N.3C4H9.2ClH.Pd.Sn/c1-13(15-10-20(26)23-11-15)27-19-9-14(17-4-2-3-7-22-17)8-18-21(19)25(12-24-18)16-5-6-16;2*1-4-10-16(11-5-1)19(17-12-6-2-7-13-17)18-14-8-3-9-15-18;1-9(10-4-15(21)18-7-10)22-14-6-11(17)5-13-16(14)20(8-19-13)12-2-3-12;1-2-4-6-5-3-1;3*1-3-4-2;;;;/h2-4,7-9,12-13,15-16H,5-6,10-11H2,1H3,(H,23,26);2*1-15H;5-6,8-10,12H,2-4,7H2,1H3,(H,18,21);1-4H;3*1,3-4H2,2H3;2*1H;;/q;;;;;;;;;;+2;/p-2/t13-,15-;;;9-,10-;;;;;;;;/m1..1......../s1. The minimum absolute atomic E-state index is 0.0148. The van der Waals surface area contributed by atoms with Crippen LogP contribution in [0.25, 0.3) is 33.3 Å². The number of fused-ring (bicyclic) bond motifs is 2. The molecule has 4 aliphatic rings. The Kier molecular flexibility index (Phi) is 32.8. The van der Waals surface area contributed by atoms with Crippen molar-refractivity contribution in [2.45, 2.75) is 149 Å². The number of aromatic nitrogens is 6. The number of nitrogens with zero attached hydrogens (tertiary/aromatic N) is 6. The van der Waals surface area contributed by atoms with E-state index in [1.54, 1.807) is 9.91 Å². The summed E-state index contributed by atoms with van der Waals surface area (Å²) in [4.78, 5) is 41.4. The van der Waals surface area contributed by atoms with E-state index in [9.17, 15) is 9.59 Å². The molecule has 12 nitrogen and oxygen atoms in total. The summed E-state index contributed by atoms with van der Waals surface area (Å²) >= 11 is 1.22. The van der Waals surface area contributed by atoms with E-state index in [1.807, 2.05) is 63.0 Å². The van der Waals surface area contributed by atoms with E-state index in [-0.39, 0.29) is 51.8 Å². The fraction of sp³-hybridized carbons (Fsp3) is 0.311. The van der Waals surface area contributed by atoms with E-state index >= 15 is 0 Å². The minimum Gasteiger partial charge on any atom is -0.0622 e. The van der Waals surface area contributed by atoms with E-state index in [1.165, 1.54) is 109 Å². The van der Waals surface area contributed by atoms with Gasteiger partial charge in [0, 0.05) is 66.1 Å². The molecule has 0 unspecified atom stereocenters. The van der Waals surface area contributed by atoms with E-state index in [2.05, 4.69) is 284 Å². The Bertz CT molecular complexity index is 4370. The van der Waals surface area contributed by atoms with Crippen molar-refractivity contribution in [2.24, 2.45) is 11.8 Å². The second-order valence-electron chi connectivity index (χ2n) is 28.3. The third-order valence-corrected chi connectivity index (χ3v) is 40.9. The first kappa shape index (κ1) is 82.9. The summed E-state index contributed by atoms with van der Waals surface area (Å²) in [5.41, 5.74) is 5.87. The van der Waals surface area contributed by atoms with Crippen molar-refractivity contribution in [3.63, 3.8) is 0 Å². The van der Waals surface area contributed by atoms with Crippen molar-refractivity contribution >= 4 is 139 Å². The number of carbonyl (C=O) groups excluding carboxylic acids is 2. The Morgan fingerprint density at radius 2 is 0.826 bits per heavy atom. The van der Waals surface area contributed by atoms with Crippen LogP contribution in [-0.4, -0.2) is 84.6 Å². The molecule has 16 rings (SSSR count). The van der Waals surface area contributed by atoms with Crippen LogP contribution >= 0.6 is 50.8 Å². The number of carbonyl (C=O) groups is 2. The van der Waals surface area contributed by atoms with Crippen LogP contribution < -0.4 is 55.6 Å². The second kappa shape index (κ2) is 43.1. The molecule has 2 amide bonds. The second-order valence-corrected chi connectivity index (χ2v) is 49.1. The Hall–Kier alpha value is -7.08. The predicted octanol–water partition coefficient (Wildman–Crippen LogP) is 19.8. The van der Waals surface area contributed by atoms with Crippen LogP contribution in [0.1, 0.15) is 124 Å². The van der Waals surface area contributed by atoms with E-state index < -0.39 is 34.2 Å². The average molecular weight is 1800 g/mol. The molecule has 0 radical (unpaired) electrons. The number of halogens is 3. The molecule has 19 heteroatoms. The Labute approximate surface area is 676 Å². The number of hydrogen-bond donors (Lipinski definition) is 2. The number of ether oxygens (including phenoxy) is 2. The third-order valence-electron chi connectivity index (χ3n) is 20.4. The van der Waals surface area contributed by atoms with Gasteiger partial charge < -0.3 is 29.2 Å². The van der Waals surface area contributed by atoms with Gasteiger partial charge in [0.15, 0.2) is 0 Å². The smallest absolute Gasteiger partial charge is 0.0134 e. The quantitative estimate of drug-likeness (QED) is 0.0426. The van der Waals surface area contributed by atoms with Gasteiger partial charge in [0.2, 0.25) is 11.8 Å². The van der Waals surface area contributed by atoms with E-state index in [0.29, 0.717) is 38.0 Å². The zero-order chi connectivity index (χ0) is 76.2. The van der Waals surface area contributed by atoms with Crippen LogP contribution in [0.2, 0.25) is 13.3 Å². The topological polar surface area (TPSA) is 138 Å². The third kappa shape index (κ3) is 23.7. The van der Waals surface area contributed by atoms with Gasteiger partial charge in [-0.2, -0.15) is 0 Å². The van der Waals surface area contributed by atoms with Gasteiger partial charge in [-0.3, -0.25) is 14.6 Å². The van der Waals surface area contributed by atoms with E-state index in [0.717, 1.165) is 49.3 Å². The van der Waals surface area contributed by atoms with Crippen molar-refractivity contribution in [1.82, 2.24) is 39.7 Å². The molecule has 2 aliphatic carbocycles. The van der Waals surface area contributed by atoms with Gasteiger partial charge in [0.05, 0.1) is 29.4 Å². The fourth-order valence-electron chi connectivity index (χ4n) is 14.2. The molecule has 2 saturated heterocycles. The average Bonchev–Trinajstić information content (AvgIpc) is 1.62. The van der Waals surface area contributed by atoms with Crippen molar-refractivity contribution in [3.8, 4) is 22.8 Å². The summed E-state index contributed by atoms with van der Waals surface area (Å²) in [5, 5.41) is 14.2. The molecule has 6 heterocycles. The van der Waals surface area contributed by atoms with Gasteiger partial charge in [-0.05, 0) is 124 Å². The van der Waals surface area contributed by atoms with Crippen LogP contribution in [0.5, 0.6) is 11.5 Å². The van der Waals surface area contributed by atoms with Gasteiger partial charge in [0.25, 0.3) is 0 Å². The van der Waals surface area contributed by atoms with Crippen molar-refractivity contribution in [1.29, 1.82) is 0 Å². The normalized spacial score (nSPS) is 15.7. The number of pyridine rings is 2. The molecule has 2 saturated carbocycles. The number of imidazole rings is 2. The number of unbranched alkanes of at least 4 members (excludes halogenated alkanes) is 3. The summed E-state index contributed by atoms with van der Waals surface area (Å²) in [5.74, 6) is 2.29. The molecule has 2 aliphatic heterocycles. The summed E-state index contributed by atoms with van der Waals surface area (Å²) in [6, 6.07) is 86.4. The first-order chi connectivity index (χ1) is 53.4. The summed E-state index contributed by atoms with van der Waals surface area (Å²) in [6.45, 7) is 12.4. The number of amides is 2. The molecule has 0 bridgehead atoms. The predicted molar refractivity (Wildman–Crippen MR) is 460 cm³/mol. The molecule has 570 valence electrons. The zero-order valence-electron chi connectivity index (χ0n) is 63.0. The summed E-state index contributed by atoms with van der Waals surface area (Å²) < 4.78 is 24.2. The van der Waals surface area contributed by atoms with Crippen molar-refractivity contribution < 1.29 is 35.0 Å². The molecular formula is C90H101BrCl2N8O4P2PdSn.